The van der Waals surface area contributed by atoms with Crippen LogP contribution in [0.2, 0.25) is 5.15 Å². The molecule has 1 aromatic heterocycles. The Balaban J connectivity index is 0.000000980. The number of rotatable bonds is 1. The molecule has 3 nitrogen and oxygen atoms in total. The molecule has 1 aliphatic rings. The number of aromatic nitrogens is 1. The van der Waals surface area contributed by atoms with Crippen molar-refractivity contribution in [2.45, 2.75) is 6.04 Å². The molecule has 1 fully saturated rings. The zero-order chi connectivity index (χ0) is 9.10. The van der Waals surface area contributed by atoms with Crippen LogP contribution in [0, 0.1) is 0 Å². The number of nitrogens with zero attached hydrogens (tertiary/aromatic N) is 1. The highest BCUT2D eigenvalue weighted by atomic mass is 35.5. The molecule has 0 radical (unpaired) electrons. The van der Waals surface area contributed by atoms with Crippen molar-refractivity contribution >= 4 is 36.4 Å². The second-order valence-electron chi connectivity index (χ2n) is 3.12. The highest BCUT2D eigenvalue weighted by molar-refractivity contribution is 6.29. The summed E-state index contributed by atoms with van der Waals surface area (Å²) in [5, 5.41) is 7.30. The van der Waals surface area contributed by atoms with Crippen molar-refractivity contribution in [2.75, 3.05) is 19.6 Å². The Hall–Kier alpha value is -0.0600. The summed E-state index contributed by atoms with van der Waals surface area (Å²) >= 11 is 5.80. The fraction of sp³-hybridized carbons (Fsp3) is 0.444. The summed E-state index contributed by atoms with van der Waals surface area (Å²) in [7, 11) is 0. The van der Waals surface area contributed by atoms with Gasteiger partial charge in [0.05, 0.1) is 0 Å². The van der Waals surface area contributed by atoms with E-state index in [0.717, 1.165) is 19.6 Å². The Kier molecular flexibility index (Phi) is 7.22. The number of hydrogen-bond donors (Lipinski definition) is 2. The largest absolute Gasteiger partial charge is 0.314 e. The van der Waals surface area contributed by atoms with Crippen LogP contribution in [0.15, 0.2) is 18.3 Å². The van der Waals surface area contributed by atoms with Crippen LogP contribution in [-0.2, 0) is 0 Å². The molecule has 0 spiro atoms. The Morgan fingerprint density at radius 2 is 2.13 bits per heavy atom. The van der Waals surface area contributed by atoms with Crippen molar-refractivity contribution in [2.24, 2.45) is 0 Å². The molecule has 0 bridgehead atoms. The molecule has 6 heteroatoms. The maximum absolute atomic E-state index is 5.80. The maximum atomic E-state index is 5.80. The first kappa shape index (κ1) is 14.9. The number of hydrogen-bond acceptors (Lipinski definition) is 3. The minimum absolute atomic E-state index is 0. The zero-order valence-electron chi connectivity index (χ0n) is 8.07. The second kappa shape index (κ2) is 7.25. The summed E-state index contributed by atoms with van der Waals surface area (Å²) in [6.07, 6.45) is 1.74. The van der Waals surface area contributed by atoms with E-state index in [2.05, 4.69) is 15.6 Å². The van der Waals surface area contributed by atoms with Gasteiger partial charge in [-0.3, -0.25) is 0 Å². The molecule has 1 atom stereocenters. The van der Waals surface area contributed by atoms with Crippen LogP contribution in [0.5, 0.6) is 0 Å². The van der Waals surface area contributed by atoms with Gasteiger partial charge in [-0.15, -0.1) is 24.8 Å². The smallest absolute Gasteiger partial charge is 0.129 e. The van der Waals surface area contributed by atoms with Crippen molar-refractivity contribution in [3.63, 3.8) is 0 Å². The first-order chi connectivity index (χ1) is 6.36. The lowest BCUT2D eigenvalue weighted by molar-refractivity contribution is 0.430. The SMILES string of the molecule is Cl.Cl.Clc1cc(C2CNCCN2)ccn1. The predicted molar refractivity (Wildman–Crippen MR) is 67.4 cm³/mol. The molecule has 1 unspecified atom stereocenters. The van der Waals surface area contributed by atoms with Crippen LogP contribution in [0.3, 0.4) is 0 Å². The lowest BCUT2D eigenvalue weighted by atomic mass is 10.1. The molecular weight excluding hydrogens is 256 g/mol. The van der Waals surface area contributed by atoms with E-state index < -0.39 is 0 Å². The minimum Gasteiger partial charge on any atom is -0.314 e. The van der Waals surface area contributed by atoms with Crippen molar-refractivity contribution < 1.29 is 0 Å². The Bertz CT molecular complexity index is 290. The average molecular weight is 271 g/mol. The summed E-state index contributed by atoms with van der Waals surface area (Å²) in [6.45, 7) is 3.00. The predicted octanol–water partition coefficient (Wildman–Crippen LogP) is 1.81. The number of nitrogens with one attached hydrogen (secondary N) is 2. The molecule has 1 saturated heterocycles. The standard InChI is InChI=1S/C9H12ClN3.2ClH/c10-9-5-7(1-2-13-9)8-6-11-3-4-12-8;;/h1-2,5,8,11-12H,3-4,6H2;2*1H. The van der Waals surface area contributed by atoms with Gasteiger partial charge in [0.25, 0.3) is 0 Å². The molecule has 2 heterocycles. The zero-order valence-corrected chi connectivity index (χ0v) is 10.5. The topological polar surface area (TPSA) is 37.0 Å². The summed E-state index contributed by atoms with van der Waals surface area (Å²) in [4.78, 5) is 3.95. The molecule has 86 valence electrons. The van der Waals surface area contributed by atoms with E-state index in [1.54, 1.807) is 6.20 Å². The van der Waals surface area contributed by atoms with Crippen molar-refractivity contribution in [3.8, 4) is 0 Å². The van der Waals surface area contributed by atoms with Crippen LogP contribution < -0.4 is 10.6 Å². The Morgan fingerprint density at radius 3 is 2.73 bits per heavy atom. The number of halogens is 3. The fourth-order valence-electron chi connectivity index (χ4n) is 1.52. The van der Waals surface area contributed by atoms with Gasteiger partial charge in [-0.1, -0.05) is 11.6 Å². The highest BCUT2D eigenvalue weighted by Crippen LogP contribution is 2.15. The van der Waals surface area contributed by atoms with Crippen molar-refractivity contribution in [3.05, 3.63) is 29.0 Å². The monoisotopic (exact) mass is 269 g/mol. The molecular formula is C9H14Cl3N3. The van der Waals surface area contributed by atoms with E-state index in [0.29, 0.717) is 11.2 Å². The van der Waals surface area contributed by atoms with Crippen LogP contribution in [0.4, 0.5) is 0 Å². The lowest BCUT2D eigenvalue weighted by Crippen LogP contribution is -2.42. The summed E-state index contributed by atoms with van der Waals surface area (Å²) < 4.78 is 0. The van der Waals surface area contributed by atoms with Crippen molar-refractivity contribution in [1.82, 2.24) is 15.6 Å². The lowest BCUT2D eigenvalue weighted by Gasteiger charge is -2.24. The summed E-state index contributed by atoms with van der Waals surface area (Å²) in [6, 6.07) is 4.28. The fourth-order valence-corrected chi connectivity index (χ4v) is 1.71. The van der Waals surface area contributed by atoms with Gasteiger partial charge >= 0.3 is 0 Å². The number of pyridine rings is 1. The molecule has 2 rings (SSSR count). The second-order valence-corrected chi connectivity index (χ2v) is 3.51. The van der Waals surface area contributed by atoms with E-state index >= 15 is 0 Å². The molecule has 1 aromatic rings. The van der Waals surface area contributed by atoms with E-state index in [9.17, 15) is 0 Å². The molecule has 2 N–H and O–H groups in total. The first-order valence-electron chi connectivity index (χ1n) is 4.42. The van der Waals surface area contributed by atoms with Crippen LogP contribution >= 0.6 is 36.4 Å². The van der Waals surface area contributed by atoms with Gasteiger partial charge in [-0.25, -0.2) is 4.98 Å². The van der Waals surface area contributed by atoms with Gasteiger partial charge in [0.15, 0.2) is 0 Å². The Morgan fingerprint density at radius 1 is 1.33 bits per heavy atom. The third-order valence-corrected chi connectivity index (χ3v) is 2.40. The van der Waals surface area contributed by atoms with E-state index in [4.69, 9.17) is 11.6 Å². The van der Waals surface area contributed by atoms with Crippen LogP contribution in [0.25, 0.3) is 0 Å². The third kappa shape index (κ3) is 4.13. The van der Waals surface area contributed by atoms with Gasteiger partial charge < -0.3 is 10.6 Å². The van der Waals surface area contributed by atoms with Gasteiger partial charge in [0, 0.05) is 31.9 Å². The van der Waals surface area contributed by atoms with Crippen LogP contribution in [-0.4, -0.2) is 24.6 Å². The van der Waals surface area contributed by atoms with E-state index in [1.807, 2.05) is 12.1 Å². The maximum Gasteiger partial charge on any atom is 0.129 e. The molecule has 0 aliphatic carbocycles. The highest BCUT2D eigenvalue weighted by Gasteiger charge is 2.13. The van der Waals surface area contributed by atoms with Crippen molar-refractivity contribution in [1.29, 1.82) is 0 Å². The summed E-state index contributed by atoms with van der Waals surface area (Å²) in [5.41, 5.74) is 1.20. The summed E-state index contributed by atoms with van der Waals surface area (Å²) in [5.74, 6) is 0. The average Bonchev–Trinajstić information content (AvgIpc) is 2.19. The first-order valence-corrected chi connectivity index (χ1v) is 4.79. The molecule has 15 heavy (non-hydrogen) atoms. The molecule has 0 saturated carbocycles. The third-order valence-electron chi connectivity index (χ3n) is 2.19. The van der Waals surface area contributed by atoms with E-state index in [1.165, 1.54) is 5.56 Å². The van der Waals surface area contributed by atoms with Gasteiger partial charge in [-0.05, 0) is 17.7 Å². The molecule has 0 amide bonds. The van der Waals surface area contributed by atoms with Gasteiger partial charge in [0.2, 0.25) is 0 Å². The van der Waals surface area contributed by atoms with Gasteiger partial charge in [0.1, 0.15) is 5.15 Å². The van der Waals surface area contributed by atoms with E-state index in [-0.39, 0.29) is 24.8 Å². The minimum atomic E-state index is 0. The normalized spacial score (nSPS) is 19.9. The van der Waals surface area contributed by atoms with Gasteiger partial charge in [-0.2, -0.15) is 0 Å². The number of piperazine rings is 1. The molecule has 0 aromatic carbocycles. The quantitative estimate of drug-likeness (QED) is 0.764. The molecule has 1 aliphatic heterocycles. The van der Waals surface area contributed by atoms with Crippen LogP contribution in [0.1, 0.15) is 11.6 Å². The Labute approximate surface area is 107 Å².